The summed E-state index contributed by atoms with van der Waals surface area (Å²) in [5.41, 5.74) is 1.93. The number of carbonyl (C=O) groups excluding carboxylic acids is 1. The average molecular weight is 292 g/mol. The molecule has 0 saturated heterocycles. The Morgan fingerprint density at radius 3 is 3.00 bits per heavy atom. The van der Waals surface area contributed by atoms with Crippen LogP contribution >= 0.6 is 15.9 Å². The van der Waals surface area contributed by atoms with Gasteiger partial charge in [-0.2, -0.15) is 0 Å². The highest BCUT2D eigenvalue weighted by Gasteiger charge is 2.31. The van der Waals surface area contributed by atoms with Crippen LogP contribution in [0.15, 0.2) is 45.5 Å². The number of anilines is 1. The smallest absolute Gasteiger partial charge is 0.232 e. The van der Waals surface area contributed by atoms with Crippen LogP contribution in [0.5, 0.6) is 0 Å². The molecule has 1 aliphatic rings. The van der Waals surface area contributed by atoms with Gasteiger partial charge < -0.3 is 9.73 Å². The van der Waals surface area contributed by atoms with Crippen molar-refractivity contribution < 1.29 is 9.21 Å². The quantitative estimate of drug-likeness (QED) is 0.922. The summed E-state index contributed by atoms with van der Waals surface area (Å²) in [6.07, 6.45) is 2.23. The van der Waals surface area contributed by atoms with E-state index in [0.29, 0.717) is 6.42 Å². The van der Waals surface area contributed by atoms with Crippen LogP contribution in [-0.2, 0) is 11.2 Å². The second kappa shape index (κ2) is 4.04. The van der Waals surface area contributed by atoms with Crippen LogP contribution in [0.25, 0.3) is 0 Å². The maximum Gasteiger partial charge on any atom is 0.232 e. The summed E-state index contributed by atoms with van der Waals surface area (Å²) in [6, 6.07) is 9.56. The minimum atomic E-state index is -0.159. The third-order valence-corrected chi connectivity index (χ3v) is 3.44. The summed E-state index contributed by atoms with van der Waals surface area (Å²) in [4.78, 5) is 11.9. The van der Waals surface area contributed by atoms with Crippen molar-refractivity contribution in [2.24, 2.45) is 0 Å². The SMILES string of the molecule is O=C1Nc2ccc(Br)cc2[C@@H]1Cc1ccco1. The molecule has 1 atom stereocenters. The van der Waals surface area contributed by atoms with Crippen molar-refractivity contribution in [2.75, 3.05) is 5.32 Å². The molecule has 1 aliphatic heterocycles. The van der Waals surface area contributed by atoms with Crippen LogP contribution in [0, 0.1) is 0 Å². The Balaban J connectivity index is 1.96. The van der Waals surface area contributed by atoms with Crippen molar-refractivity contribution in [2.45, 2.75) is 12.3 Å². The molecule has 0 spiro atoms. The van der Waals surface area contributed by atoms with Crippen molar-refractivity contribution in [3.05, 3.63) is 52.4 Å². The number of carbonyl (C=O) groups is 1. The Labute approximate surface area is 107 Å². The first-order valence-corrected chi connectivity index (χ1v) is 6.16. The second-order valence-corrected chi connectivity index (χ2v) is 4.97. The first kappa shape index (κ1) is 10.6. The molecule has 1 aromatic heterocycles. The fraction of sp³-hybridized carbons (Fsp3) is 0.154. The summed E-state index contributed by atoms with van der Waals surface area (Å²) < 4.78 is 6.28. The molecule has 0 unspecified atom stereocenters. The first-order valence-electron chi connectivity index (χ1n) is 5.37. The largest absolute Gasteiger partial charge is 0.469 e. The molecule has 0 aliphatic carbocycles. The van der Waals surface area contributed by atoms with Gasteiger partial charge in [-0.05, 0) is 35.9 Å². The Morgan fingerprint density at radius 1 is 1.35 bits per heavy atom. The molecule has 4 heteroatoms. The molecule has 3 nitrogen and oxygen atoms in total. The molecule has 86 valence electrons. The number of benzene rings is 1. The lowest BCUT2D eigenvalue weighted by Crippen LogP contribution is -2.13. The van der Waals surface area contributed by atoms with Gasteiger partial charge in [-0.3, -0.25) is 4.79 Å². The zero-order chi connectivity index (χ0) is 11.8. The van der Waals surface area contributed by atoms with Gasteiger partial charge >= 0.3 is 0 Å². The number of hydrogen-bond donors (Lipinski definition) is 1. The van der Waals surface area contributed by atoms with Gasteiger partial charge in [0.1, 0.15) is 5.76 Å². The zero-order valence-corrected chi connectivity index (χ0v) is 10.5. The van der Waals surface area contributed by atoms with E-state index in [1.165, 1.54) is 0 Å². The summed E-state index contributed by atoms with van der Waals surface area (Å²) in [5.74, 6) is 0.709. The number of amides is 1. The van der Waals surface area contributed by atoms with Crippen LogP contribution in [0.4, 0.5) is 5.69 Å². The predicted molar refractivity (Wildman–Crippen MR) is 67.9 cm³/mol. The Morgan fingerprint density at radius 2 is 2.24 bits per heavy atom. The van der Waals surface area contributed by atoms with E-state index >= 15 is 0 Å². The van der Waals surface area contributed by atoms with Gasteiger partial charge in [0, 0.05) is 16.6 Å². The monoisotopic (exact) mass is 291 g/mol. The fourth-order valence-corrected chi connectivity index (χ4v) is 2.51. The highest BCUT2D eigenvalue weighted by molar-refractivity contribution is 9.10. The molecule has 1 aromatic carbocycles. The number of furan rings is 1. The standard InChI is InChI=1S/C13H10BrNO2/c14-8-3-4-12-10(6-8)11(13(16)15-12)7-9-2-1-5-17-9/h1-6,11H,7H2,(H,15,16)/t11-/m0/s1. The van der Waals surface area contributed by atoms with Crippen molar-refractivity contribution in [3.63, 3.8) is 0 Å². The van der Waals surface area contributed by atoms with Crippen molar-refractivity contribution in [1.29, 1.82) is 0 Å². The molecular weight excluding hydrogens is 282 g/mol. The van der Waals surface area contributed by atoms with E-state index in [4.69, 9.17) is 4.42 Å². The lowest BCUT2D eigenvalue weighted by Gasteiger charge is -2.06. The van der Waals surface area contributed by atoms with Gasteiger partial charge in [0.05, 0.1) is 12.2 Å². The summed E-state index contributed by atoms with van der Waals surface area (Å²) in [5, 5.41) is 2.89. The highest BCUT2D eigenvalue weighted by atomic mass is 79.9. The van der Waals surface area contributed by atoms with Crippen molar-refractivity contribution in [1.82, 2.24) is 0 Å². The van der Waals surface area contributed by atoms with Gasteiger partial charge in [0.15, 0.2) is 0 Å². The number of hydrogen-bond acceptors (Lipinski definition) is 2. The molecule has 1 amide bonds. The van der Waals surface area contributed by atoms with Crippen LogP contribution < -0.4 is 5.32 Å². The zero-order valence-electron chi connectivity index (χ0n) is 8.94. The van der Waals surface area contributed by atoms with E-state index in [9.17, 15) is 4.79 Å². The van der Waals surface area contributed by atoms with Gasteiger partial charge in [-0.25, -0.2) is 0 Å². The third kappa shape index (κ3) is 1.89. The topological polar surface area (TPSA) is 42.2 Å². The second-order valence-electron chi connectivity index (χ2n) is 4.06. The fourth-order valence-electron chi connectivity index (χ4n) is 2.13. The molecule has 0 fully saturated rings. The van der Waals surface area contributed by atoms with E-state index < -0.39 is 0 Å². The van der Waals surface area contributed by atoms with E-state index in [2.05, 4.69) is 21.2 Å². The average Bonchev–Trinajstić information content (AvgIpc) is 2.90. The molecule has 0 radical (unpaired) electrons. The summed E-state index contributed by atoms with van der Waals surface area (Å²) in [7, 11) is 0. The Hall–Kier alpha value is -1.55. The van der Waals surface area contributed by atoms with Crippen LogP contribution in [0.1, 0.15) is 17.2 Å². The summed E-state index contributed by atoms with van der Waals surface area (Å²) in [6.45, 7) is 0. The number of nitrogens with one attached hydrogen (secondary N) is 1. The molecule has 0 saturated carbocycles. The van der Waals surface area contributed by atoms with E-state index in [1.54, 1.807) is 6.26 Å². The van der Waals surface area contributed by atoms with E-state index in [-0.39, 0.29) is 11.8 Å². The number of fused-ring (bicyclic) bond motifs is 1. The third-order valence-electron chi connectivity index (χ3n) is 2.95. The molecular formula is C13H10BrNO2. The van der Waals surface area contributed by atoms with E-state index in [1.807, 2.05) is 30.3 Å². The highest BCUT2D eigenvalue weighted by Crippen LogP contribution is 2.36. The molecule has 17 heavy (non-hydrogen) atoms. The predicted octanol–water partition coefficient (Wildman–Crippen LogP) is 3.32. The van der Waals surface area contributed by atoms with Gasteiger partial charge in [-0.1, -0.05) is 15.9 Å². The molecule has 3 rings (SSSR count). The maximum atomic E-state index is 11.9. The summed E-state index contributed by atoms with van der Waals surface area (Å²) >= 11 is 3.43. The van der Waals surface area contributed by atoms with Crippen molar-refractivity contribution in [3.8, 4) is 0 Å². The maximum absolute atomic E-state index is 11.9. The molecule has 2 aromatic rings. The normalized spacial score (nSPS) is 17.9. The van der Waals surface area contributed by atoms with E-state index in [0.717, 1.165) is 21.5 Å². The van der Waals surface area contributed by atoms with Gasteiger partial charge in [-0.15, -0.1) is 0 Å². The lowest BCUT2D eigenvalue weighted by molar-refractivity contribution is -0.117. The Bertz CT molecular complexity index is 563. The minimum absolute atomic E-state index is 0.0366. The Kier molecular flexibility index (Phi) is 2.52. The van der Waals surface area contributed by atoms with Gasteiger partial charge in [0.25, 0.3) is 0 Å². The van der Waals surface area contributed by atoms with Crippen LogP contribution in [0.3, 0.4) is 0 Å². The molecule has 2 heterocycles. The molecule has 0 bridgehead atoms. The van der Waals surface area contributed by atoms with Crippen LogP contribution in [-0.4, -0.2) is 5.91 Å². The van der Waals surface area contributed by atoms with Gasteiger partial charge in [0.2, 0.25) is 5.91 Å². The first-order chi connectivity index (χ1) is 8.24. The number of rotatable bonds is 2. The molecule has 1 N–H and O–H groups in total. The minimum Gasteiger partial charge on any atom is -0.469 e. The number of halogens is 1. The lowest BCUT2D eigenvalue weighted by atomic mass is 9.96. The van der Waals surface area contributed by atoms with Crippen LogP contribution in [0.2, 0.25) is 0 Å². The van der Waals surface area contributed by atoms with Crippen molar-refractivity contribution >= 4 is 27.5 Å².